The maximum absolute atomic E-state index is 4.93. The van der Waals surface area contributed by atoms with Gasteiger partial charge in [0, 0.05) is 9.52 Å². The van der Waals surface area contributed by atoms with E-state index in [9.17, 15) is 0 Å². The number of hydrogen-bond acceptors (Lipinski definition) is 0. The van der Waals surface area contributed by atoms with Crippen molar-refractivity contribution in [2.75, 3.05) is 0 Å². The molecule has 4 heteroatoms. The van der Waals surface area contributed by atoms with Gasteiger partial charge in [-0.2, -0.15) is 12.1 Å². The first-order valence-corrected chi connectivity index (χ1v) is 26.8. The van der Waals surface area contributed by atoms with E-state index in [1.807, 2.05) is 0 Å². The third-order valence-corrected chi connectivity index (χ3v) is 9.94. The summed E-state index contributed by atoms with van der Waals surface area (Å²) in [5, 5.41) is 5.54. The number of benzene rings is 4. The predicted octanol–water partition coefficient (Wildman–Crippen LogP) is 15.4. The van der Waals surface area contributed by atoms with Gasteiger partial charge in [-0.05, 0) is 58.3 Å². The molecule has 0 spiro atoms. The van der Waals surface area contributed by atoms with Gasteiger partial charge >= 0.3 is 37.9 Å². The Balaban J connectivity index is 0.000000200. The Kier molecular flexibility index (Phi) is 15.6. The summed E-state index contributed by atoms with van der Waals surface area (Å²) in [5.41, 5.74) is 11.5. The molecule has 6 aromatic carbocycles. The summed E-state index contributed by atoms with van der Waals surface area (Å²) in [6, 6.07) is 41.1. The minimum atomic E-state index is -0.826. The molecule has 0 bridgehead atoms. The molecule has 0 heterocycles. The number of hydrogen-bond donors (Lipinski definition) is 0. The SMILES string of the molecule is CC(C)(C)c1ccc(-c2cccc3[cH-]c(C4CCCC4)cc23)cc1.CCc1cc2c(-c3ccc(C(C)(C)C)cc3)cccc2[cH-]1.C[Si]C.[Cl][Zr+2][Cl]. The second-order valence-electron chi connectivity index (χ2n) is 15.8. The quantitative estimate of drug-likeness (QED) is 0.123. The fourth-order valence-corrected chi connectivity index (χ4v) is 7.06. The summed E-state index contributed by atoms with van der Waals surface area (Å²) < 4.78 is 0. The van der Waals surface area contributed by atoms with E-state index in [1.54, 1.807) is 5.56 Å². The van der Waals surface area contributed by atoms with Crippen LogP contribution in [-0.2, 0) is 38.1 Å². The molecule has 51 heavy (non-hydrogen) atoms. The molecular formula is C47H56Cl2SiZr. The van der Waals surface area contributed by atoms with Crippen molar-refractivity contribution in [2.24, 2.45) is 0 Å². The van der Waals surface area contributed by atoms with Gasteiger partial charge in [0.15, 0.2) is 0 Å². The molecule has 0 aromatic heterocycles. The zero-order chi connectivity index (χ0) is 37.2. The van der Waals surface area contributed by atoms with Crippen LogP contribution < -0.4 is 0 Å². The van der Waals surface area contributed by atoms with Crippen LogP contribution >= 0.6 is 17.0 Å². The van der Waals surface area contributed by atoms with Crippen LogP contribution in [0.2, 0.25) is 13.1 Å². The van der Waals surface area contributed by atoms with Crippen LogP contribution in [0.1, 0.15) is 102 Å². The van der Waals surface area contributed by atoms with Crippen molar-refractivity contribution in [3.8, 4) is 22.3 Å². The monoisotopic (exact) mass is 808 g/mol. The summed E-state index contributed by atoms with van der Waals surface area (Å²) in [7, 11) is 11.0. The number of fused-ring (bicyclic) bond motifs is 2. The van der Waals surface area contributed by atoms with Crippen LogP contribution in [0.3, 0.4) is 0 Å². The average molecular weight is 811 g/mol. The molecule has 2 radical (unpaired) electrons. The van der Waals surface area contributed by atoms with Crippen molar-refractivity contribution in [1.29, 1.82) is 0 Å². The first-order valence-electron chi connectivity index (χ1n) is 18.5. The van der Waals surface area contributed by atoms with Crippen molar-refractivity contribution >= 4 is 48.1 Å². The predicted molar refractivity (Wildman–Crippen MR) is 227 cm³/mol. The van der Waals surface area contributed by atoms with Gasteiger partial charge in [0.1, 0.15) is 0 Å². The third-order valence-electron chi connectivity index (χ3n) is 9.94. The normalized spacial score (nSPS) is 13.1. The van der Waals surface area contributed by atoms with E-state index >= 15 is 0 Å². The molecule has 0 saturated heterocycles. The summed E-state index contributed by atoms with van der Waals surface area (Å²) in [6.45, 7) is 20.1. The van der Waals surface area contributed by atoms with Crippen molar-refractivity contribution in [3.05, 3.63) is 131 Å². The molecule has 1 aliphatic rings. The molecule has 6 aromatic rings. The minimum absolute atomic E-state index is 0.209. The number of aryl methyl sites for hydroxylation is 1. The molecule has 0 amide bonds. The summed E-state index contributed by atoms with van der Waals surface area (Å²) in [5.74, 6) is 0.786. The number of rotatable bonds is 4. The van der Waals surface area contributed by atoms with E-state index < -0.39 is 20.8 Å². The van der Waals surface area contributed by atoms with Crippen LogP contribution in [0.15, 0.2) is 109 Å². The second-order valence-corrected chi connectivity index (χ2v) is 20.6. The third kappa shape index (κ3) is 11.1. The van der Waals surface area contributed by atoms with Gasteiger partial charge in [-0.25, -0.2) is 0 Å². The van der Waals surface area contributed by atoms with E-state index in [-0.39, 0.29) is 10.8 Å². The Hall–Kier alpha value is -2.22. The van der Waals surface area contributed by atoms with Crippen molar-refractivity contribution in [3.63, 3.8) is 0 Å². The molecule has 0 unspecified atom stereocenters. The summed E-state index contributed by atoms with van der Waals surface area (Å²) >= 11 is -0.826. The van der Waals surface area contributed by atoms with Gasteiger partial charge in [0.05, 0.1) is 0 Å². The van der Waals surface area contributed by atoms with Crippen molar-refractivity contribution in [1.82, 2.24) is 0 Å². The second kappa shape index (κ2) is 19.2. The van der Waals surface area contributed by atoms with Gasteiger partial charge in [0.25, 0.3) is 0 Å². The molecule has 7 rings (SSSR count). The van der Waals surface area contributed by atoms with Gasteiger partial charge in [-0.15, -0.1) is 69.1 Å². The molecule has 1 saturated carbocycles. The van der Waals surface area contributed by atoms with E-state index in [1.165, 1.54) is 86.2 Å². The summed E-state index contributed by atoms with van der Waals surface area (Å²) in [6.07, 6.45) is 6.62. The van der Waals surface area contributed by atoms with Crippen LogP contribution in [-0.4, -0.2) is 9.52 Å². The first kappa shape index (κ1) is 41.5. The molecule has 1 fully saturated rings. The van der Waals surface area contributed by atoms with Crippen molar-refractivity contribution < 1.29 is 20.8 Å². The Labute approximate surface area is 330 Å². The Morgan fingerprint density at radius 1 is 0.647 bits per heavy atom. The zero-order valence-corrected chi connectivity index (χ0v) is 37.2. The maximum atomic E-state index is 4.93. The molecular weight excluding hydrogens is 755 g/mol. The fourth-order valence-electron chi connectivity index (χ4n) is 7.06. The molecule has 0 N–H and O–H groups in total. The van der Waals surface area contributed by atoms with Crippen LogP contribution in [0.5, 0.6) is 0 Å². The Morgan fingerprint density at radius 2 is 1.06 bits per heavy atom. The first-order chi connectivity index (χ1) is 24.3. The summed E-state index contributed by atoms with van der Waals surface area (Å²) in [4.78, 5) is 0. The molecule has 0 atom stereocenters. The van der Waals surface area contributed by atoms with E-state index in [4.69, 9.17) is 17.0 Å². The van der Waals surface area contributed by atoms with Gasteiger partial charge < -0.3 is 0 Å². The molecule has 266 valence electrons. The van der Waals surface area contributed by atoms with Crippen LogP contribution in [0.4, 0.5) is 0 Å². The Morgan fingerprint density at radius 3 is 1.47 bits per heavy atom. The zero-order valence-electron chi connectivity index (χ0n) is 32.3. The fraction of sp³-hybridized carbons (Fsp3) is 0.362. The van der Waals surface area contributed by atoms with Gasteiger partial charge in [0.2, 0.25) is 0 Å². The van der Waals surface area contributed by atoms with Crippen LogP contribution in [0.25, 0.3) is 43.8 Å². The average Bonchev–Trinajstić information content (AvgIpc) is 3.88. The molecule has 0 nitrogen and oxygen atoms in total. The number of halogens is 2. The van der Waals surface area contributed by atoms with Crippen molar-refractivity contribution in [2.45, 2.75) is 110 Å². The van der Waals surface area contributed by atoms with Gasteiger partial charge in [-0.3, -0.25) is 0 Å². The Bertz CT molecular complexity index is 1920. The van der Waals surface area contributed by atoms with Gasteiger partial charge in [-0.1, -0.05) is 146 Å². The van der Waals surface area contributed by atoms with E-state index in [0.29, 0.717) is 0 Å². The van der Waals surface area contributed by atoms with E-state index in [2.05, 4.69) is 171 Å². The topological polar surface area (TPSA) is 0 Å². The van der Waals surface area contributed by atoms with Crippen LogP contribution in [0, 0.1) is 0 Å². The molecule has 1 aliphatic carbocycles. The molecule has 0 aliphatic heterocycles. The van der Waals surface area contributed by atoms with E-state index in [0.717, 1.165) is 21.9 Å². The standard InChI is InChI=1S/C24H27.C21H23.C2H6Si.2ClH.Zr/c1-24(2,3)21-13-11-18(12-14-21)22-10-6-9-19-15-20(16-23(19)22)17-7-4-5-8-17;1-5-15-13-17-7-6-8-19(20(17)14-15)16-9-11-18(12-10-16)21(2,3)4;1-3-2;;;/h6,9-17H,4-5,7-8H2,1-3H3;6-14H,5H2,1-4H3;1-2H3;2*1H;/q2*-1;;;;+4/p-2.